The van der Waals surface area contributed by atoms with Gasteiger partial charge in [-0.15, -0.1) is 11.3 Å². The molecule has 0 saturated heterocycles. The molecule has 1 amide bonds. The number of rotatable bonds is 7. The van der Waals surface area contributed by atoms with E-state index in [1.165, 1.54) is 4.88 Å². The van der Waals surface area contributed by atoms with Crippen molar-refractivity contribution in [3.05, 3.63) is 63.5 Å². The minimum atomic E-state index is -0.118. The van der Waals surface area contributed by atoms with Gasteiger partial charge in [-0.25, -0.2) is 4.99 Å². The summed E-state index contributed by atoms with van der Waals surface area (Å²) in [5, 5.41) is 3.84. The lowest BCUT2D eigenvalue weighted by Crippen LogP contribution is -2.27. The molecule has 37 heavy (non-hydrogen) atoms. The summed E-state index contributed by atoms with van der Waals surface area (Å²) in [5.41, 5.74) is 4.58. The Morgan fingerprint density at radius 3 is 2.38 bits per heavy atom. The van der Waals surface area contributed by atoms with Crippen molar-refractivity contribution in [3.63, 3.8) is 0 Å². The van der Waals surface area contributed by atoms with Gasteiger partial charge in [0.1, 0.15) is 10.8 Å². The van der Waals surface area contributed by atoms with E-state index in [0.717, 1.165) is 41.6 Å². The zero-order valence-electron chi connectivity index (χ0n) is 22.7. The molecule has 1 aliphatic rings. The van der Waals surface area contributed by atoms with Crippen molar-refractivity contribution < 1.29 is 19.0 Å². The second-order valence-corrected chi connectivity index (χ2v) is 11.5. The second-order valence-electron chi connectivity index (χ2n) is 10.5. The first kappa shape index (κ1) is 26.7. The monoisotopic (exact) mass is 520 g/mol. The van der Waals surface area contributed by atoms with E-state index in [4.69, 9.17) is 19.2 Å². The zero-order valence-corrected chi connectivity index (χ0v) is 23.5. The van der Waals surface area contributed by atoms with Crippen molar-refractivity contribution in [2.75, 3.05) is 26.6 Å². The molecule has 0 fully saturated rings. The van der Waals surface area contributed by atoms with Gasteiger partial charge >= 0.3 is 0 Å². The van der Waals surface area contributed by atoms with Crippen molar-refractivity contribution in [2.45, 2.75) is 47.0 Å². The summed E-state index contributed by atoms with van der Waals surface area (Å²) in [6.45, 7) is 8.88. The van der Waals surface area contributed by atoms with Crippen LogP contribution in [0.15, 0.2) is 41.4 Å². The Kier molecular flexibility index (Phi) is 7.93. The first-order chi connectivity index (χ1) is 17.7. The highest BCUT2D eigenvalue weighted by atomic mass is 32.1. The molecule has 0 spiro atoms. The molecule has 1 atom stereocenters. The number of benzene rings is 2. The van der Waals surface area contributed by atoms with Crippen LogP contribution in [-0.4, -0.2) is 33.5 Å². The number of para-hydroxylation sites is 1. The highest BCUT2D eigenvalue weighted by Gasteiger charge is 2.33. The number of hydrogen-bond acceptors (Lipinski definition) is 6. The fourth-order valence-corrected chi connectivity index (χ4v) is 6.08. The predicted molar refractivity (Wildman–Crippen MR) is 152 cm³/mol. The SMILES string of the molecule is COc1cc(OC)c(OC)cc1/C=N/c1sc2c(c1C(=O)Nc1ccccc1C)CCC(C(C)(C)C)C2. The van der Waals surface area contributed by atoms with Crippen molar-refractivity contribution in [3.8, 4) is 17.2 Å². The molecular weight excluding hydrogens is 484 g/mol. The van der Waals surface area contributed by atoms with Gasteiger partial charge in [0, 0.05) is 28.4 Å². The molecule has 2 aromatic carbocycles. The van der Waals surface area contributed by atoms with Crippen LogP contribution in [0.25, 0.3) is 0 Å². The summed E-state index contributed by atoms with van der Waals surface area (Å²) in [5.74, 6) is 2.22. The Balaban J connectivity index is 1.76. The maximum atomic E-state index is 13.7. The van der Waals surface area contributed by atoms with Gasteiger partial charge in [-0.2, -0.15) is 0 Å². The number of aliphatic imine (C=N–C) groups is 1. The van der Waals surface area contributed by atoms with Crippen LogP contribution in [0.2, 0.25) is 0 Å². The van der Waals surface area contributed by atoms with Crippen molar-refractivity contribution in [2.24, 2.45) is 16.3 Å². The van der Waals surface area contributed by atoms with Gasteiger partial charge in [-0.3, -0.25) is 4.79 Å². The molecule has 1 N–H and O–H groups in total. The third-order valence-electron chi connectivity index (χ3n) is 7.15. The molecular formula is C30H36N2O4S. The van der Waals surface area contributed by atoms with Gasteiger partial charge in [0.2, 0.25) is 0 Å². The Morgan fingerprint density at radius 2 is 1.73 bits per heavy atom. The number of ether oxygens (including phenoxy) is 3. The Morgan fingerprint density at radius 1 is 1.05 bits per heavy atom. The van der Waals surface area contributed by atoms with Gasteiger partial charge in [-0.1, -0.05) is 39.0 Å². The molecule has 0 aliphatic heterocycles. The summed E-state index contributed by atoms with van der Waals surface area (Å²) in [6, 6.07) is 11.4. The zero-order chi connectivity index (χ0) is 26.7. The molecule has 196 valence electrons. The van der Waals surface area contributed by atoms with Crippen LogP contribution in [-0.2, 0) is 12.8 Å². The lowest BCUT2D eigenvalue weighted by atomic mass is 9.72. The van der Waals surface area contributed by atoms with E-state index >= 15 is 0 Å². The van der Waals surface area contributed by atoms with Gasteiger partial charge in [0.25, 0.3) is 5.91 Å². The molecule has 0 radical (unpaired) electrons. The van der Waals surface area contributed by atoms with Crippen LogP contribution in [0, 0.1) is 18.3 Å². The number of carbonyl (C=O) groups excluding carboxylic acids is 1. The standard InChI is InChI=1S/C30H36N2O4S/c1-18-10-8-9-11-22(18)32-28(33)27-21-13-12-20(30(2,3)4)15-26(21)37-29(27)31-17-19-14-24(35-6)25(36-7)16-23(19)34-5/h8-11,14,16-17,20H,12-13,15H2,1-7H3,(H,32,33)/b31-17+. The van der Waals surface area contributed by atoms with E-state index in [9.17, 15) is 4.79 Å². The smallest absolute Gasteiger partial charge is 0.259 e. The Hall–Kier alpha value is -3.32. The Bertz CT molecular complexity index is 1320. The Labute approximate surface area is 223 Å². The maximum absolute atomic E-state index is 13.7. The molecule has 7 heteroatoms. The number of methoxy groups -OCH3 is 3. The molecule has 1 aliphatic carbocycles. The lowest BCUT2D eigenvalue weighted by molar-refractivity contribution is 0.102. The van der Waals surface area contributed by atoms with Gasteiger partial charge in [0.15, 0.2) is 11.5 Å². The summed E-state index contributed by atoms with van der Waals surface area (Å²) < 4.78 is 16.5. The summed E-state index contributed by atoms with van der Waals surface area (Å²) in [7, 11) is 4.79. The van der Waals surface area contributed by atoms with Crippen LogP contribution >= 0.6 is 11.3 Å². The van der Waals surface area contributed by atoms with Gasteiger partial charge in [0.05, 0.1) is 26.9 Å². The molecule has 4 rings (SSSR count). The molecule has 0 bridgehead atoms. The quantitative estimate of drug-likeness (QED) is 0.334. The molecule has 3 aromatic rings. The molecule has 1 unspecified atom stereocenters. The van der Waals surface area contributed by atoms with E-state index in [-0.39, 0.29) is 11.3 Å². The molecule has 1 aromatic heterocycles. The largest absolute Gasteiger partial charge is 0.496 e. The van der Waals surface area contributed by atoms with E-state index in [1.54, 1.807) is 44.9 Å². The summed E-state index contributed by atoms with van der Waals surface area (Å²) >= 11 is 1.62. The van der Waals surface area contributed by atoms with Crippen molar-refractivity contribution in [1.29, 1.82) is 0 Å². The maximum Gasteiger partial charge on any atom is 0.259 e. The van der Waals surface area contributed by atoms with E-state index in [2.05, 4.69) is 26.1 Å². The fraction of sp³-hybridized carbons (Fsp3) is 0.400. The summed E-state index contributed by atoms with van der Waals surface area (Å²) in [6.07, 6.45) is 4.64. The number of thiophene rings is 1. The highest BCUT2D eigenvalue weighted by Crippen LogP contribution is 2.45. The van der Waals surface area contributed by atoms with E-state index < -0.39 is 0 Å². The number of aryl methyl sites for hydroxylation is 1. The van der Waals surface area contributed by atoms with Crippen LogP contribution < -0.4 is 19.5 Å². The van der Waals surface area contributed by atoms with Crippen molar-refractivity contribution in [1.82, 2.24) is 0 Å². The van der Waals surface area contributed by atoms with Gasteiger partial charge in [-0.05, 0) is 60.8 Å². The average Bonchev–Trinajstić information content (AvgIpc) is 3.25. The number of carbonyl (C=O) groups is 1. The number of amides is 1. The minimum Gasteiger partial charge on any atom is -0.496 e. The molecule has 0 saturated carbocycles. The van der Waals surface area contributed by atoms with E-state index in [1.807, 2.05) is 37.3 Å². The molecule has 6 nitrogen and oxygen atoms in total. The second kappa shape index (κ2) is 11.0. The third kappa shape index (κ3) is 5.67. The van der Waals surface area contributed by atoms with E-state index in [0.29, 0.717) is 33.7 Å². The minimum absolute atomic E-state index is 0.118. The number of nitrogens with zero attached hydrogens (tertiary/aromatic N) is 1. The van der Waals surface area contributed by atoms with Crippen LogP contribution in [0.3, 0.4) is 0 Å². The number of nitrogens with one attached hydrogen (secondary N) is 1. The normalized spacial score (nSPS) is 15.4. The topological polar surface area (TPSA) is 69.1 Å². The number of hydrogen-bond donors (Lipinski definition) is 1. The average molecular weight is 521 g/mol. The van der Waals surface area contributed by atoms with Crippen LogP contribution in [0.4, 0.5) is 10.7 Å². The van der Waals surface area contributed by atoms with Crippen LogP contribution in [0.1, 0.15) is 59.1 Å². The summed E-state index contributed by atoms with van der Waals surface area (Å²) in [4.78, 5) is 19.8. The first-order valence-corrected chi connectivity index (χ1v) is 13.3. The highest BCUT2D eigenvalue weighted by molar-refractivity contribution is 7.16. The lowest BCUT2D eigenvalue weighted by Gasteiger charge is -2.33. The third-order valence-corrected chi connectivity index (χ3v) is 8.31. The van der Waals surface area contributed by atoms with Crippen molar-refractivity contribution >= 4 is 34.1 Å². The first-order valence-electron chi connectivity index (χ1n) is 12.5. The van der Waals surface area contributed by atoms with Gasteiger partial charge < -0.3 is 19.5 Å². The fourth-order valence-electron chi connectivity index (χ4n) is 4.82. The predicted octanol–water partition coefficient (Wildman–Crippen LogP) is 7.24. The van der Waals surface area contributed by atoms with Crippen LogP contribution in [0.5, 0.6) is 17.2 Å². The number of fused-ring (bicyclic) bond motifs is 1. The number of anilines is 1. The molecule has 1 heterocycles.